The van der Waals surface area contributed by atoms with Crippen molar-refractivity contribution < 1.29 is 4.79 Å². The van der Waals surface area contributed by atoms with Crippen LogP contribution in [-0.4, -0.2) is 5.91 Å². The lowest BCUT2D eigenvalue weighted by atomic mass is 10.1. The third-order valence-corrected chi connectivity index (χ3v) is 3.82. The molecule has 0 aliphatic heterocycles. The van der Waals surface area contributed by atoms with Crippen molar-refractivity contribution in [1.29, 1.82) is 0 Å². The van der Waals surface area contributed by atoms with Gasteiger partial charge in [0.2, 0.25) is 0 Å². The van der Waals surface area contributed by atoms with Crippen LogP contribution in [0.15, 0.2) is 30.3 Å². The van der Waals surface area contributed by atoms with Crippen molar-refractivity contribution in [2.45, 2.75) is 6.92 Å². The van der Waals surface area contributed by atoms with Crippen LogP contribution in [0, 0.1) is 6.92 Å². The van der Waals surface area contributed by atoms with E-state index in [1.165, 1.54) is 11.3 Å². The van der Waals surface area contributed by atoms with Crippen LogP contribution >= 0.6 is 22.9 Å². The van der Waals surface area contributed by atoms with Crippen molar-refractivity contribution in [3.8, 4) is 10.4 Å². The predicted octanol–water partition coefficient (Wildman–Crippen LogP) is 3.48. The molecule has 0 spiro atoms. The molecule has 0 saturated heterocycles. The smallest absolute Gasteiger partial charge is 0.259 e. The number of primary amides is 1. The van der Waals surface area contributed by atoms with E-state index in [0.717, 1.165) is 16.0 Å². The Labute approximate surface area is 103 Å². The average molecular weight is 252 g/mol. The molecule has 2 nitrogen and oxygen atoms in total. The van der Waals surface area contributed by atoms with Crippen molar-refractivity contribution in [3.05, 3.63) is 45.8 Å². The maximum Gasteiger partial charge on any atom is 0.259 e. The number of carbonyl (C=O) groups is 1. The highest BCUT2D eigenvalue weighted by atomic mass is 35.5. The monoisotopic (exact) mass is 251 g/mol. The van der Waals surface area contributed by atoms with Gasteiger partial charge in [-0.1, -0.05) is 23.7 Å². The van der Waals surface area contributed by atoms with Gasteiger partial charge in [-0.25, -0.2) is 0 Å². The highest BCUT2D eigenvalue weighted by Crippen LogP contribution is 2.31. The molecule has 0 bridgehead atoms. The van der Waals surface area contributed by atoms with E-state index < -0.39 is 0 Å². The number of aryl methyl sites for hydroxylation is 1. The zero-order chi connectivity index (χ0) is 11.7. The number of rotatable bonds is 2. The SMILES string of the molecule is Cc1cc(-c2ccc(Cl)cc2)sc1C(N)=O. The molecule has 1 aromatic heterocycles. The van der Waals surface area contributed by atoms with E-state index in [4.69, 9.17) is 17.3 Å². The summed E-state index contributed by atoms with van der Waals surface area (Å²) < 4.78 is 0. The standard InChI is InChI=1S/C12H10ClNOS/c1-7-6-10(16-11(7)12(14)15)8-2-4-9(13)5-3-8/h2-6H,1H3,(H2,14,15). The van der Waals surface area contributed by atoms with Crippen LogP contribution in [0.5, 0.6) is 0 Å². The molecule has 0 aliphatic carbocycles. The lowest BCUT2D eigenvalue weighted by molar-refractivity contribution is 0.100. The van der Waals surface area contributed by atoms with E-state index >= 15 is 0 Å². The Kier molecular flexibility index (Phi) is 2.99. The molecule has 2 aromatic rings. The van der Waals surface area contributed by atoms with Gasteiger partial charge in [-0.15, -0.1) is 11.3 Å². The number of amides is 1. The number of thiophene rings is 1. The summed E-state index contributed by atoms with van der Waals surface area (Å²) in [4.78, 5) is 12.8. The summed E-state index contributed by atoms with van der Waals surface area (Å²) in [6.07, 6.45) is 0. The van der Waals surface area contributed by atoms with Gasteiger partial charge >= 0.3 is 0 Å². The molecule has 16 heavy (non-hydrogen) atoms. The summed E-state index contributed by atoms with van der Waals surface area (Å²) in [6, 6.07) is 9.48. The molecule has 0 saturated carbocycles. The van der Waals surface area contributed by atoms with Gasteiger partial charge in [0.15, 0.2) is 0 Å². The number of halogens is 1. The van der Waals surface area contributed by atoms with Crippen LogP contribution < -0.4 is 5.73 Å². The Hall–Kier alpha value is -1.32. The molecule has 1 amide bonds. The summed E-state index contributed by atoms with van der Waals surface area (Å²) >= 11 is 7.22. The van der Waals surface area contributed by atoms with Crippen molar-refractivity contribution in [1.82, 2.24) is 0 Å². The van der Waals surface area contributed by atoms with Crippen LogP contribution in [0.1, 0.15) is 15.2 Å². The number of hydrogen-bond donors (Lipinski definition) is 1. The molecule has 82 valence electrons. The number of carbonyl (C=O) groups excluding carboxylic acids is 1. The minimum atomic E-state index is -0.372. The van der Waals surface area contributed by atoms with Crippen molar-refractivity contribution >= 4 is 28.8 Å². The molecule has 2 rings (SSSR count). The van der Waals surface area contributed by atoms with Crippen LogP contribution in [0.3, 0.4) is 0 Å². The van der Waals surface area contributed by atoms with Gasteiger partial charge in [-0.3, -0.25) is 4.79 Å². The molecule has 0 aliphatic rings. The summed E-state index contributed by atoms with van der Waals surface area (Å²) in [5.74, 6) is -0.372. The average Bonchev–Trinajstić information content (AvgIpc) is 2.61. The van der Waals surface area contributed by atoms with E-state index in [2.05, 4.69) is 0 Å². The number of hydrogen-bond acceptors (Lipinski definition) is 2. The minimum absolute atomic E-state index is 0.372. The normalized spacial score (nSPS) is 10.4. The van der Waals surface area contributed by atoms with Gasteiger partial charge in [-0.2, -0.15) is 0 Å². The Bertz CT molecular complexity index is 530. The second kappa shape index (κ2) is 4.28. The third kappa shape index (κ3) is 2.10. The quantitative estimate of drug-likeness (QED) is 0.873. The molecule has 1 aromatic carbocycles. The van der Waals surface area contributed by atoms with E-state index in [-0.39, 0.29) is 5.91 Å². The number of benzene rings is 1. The topological polar surface area (TPSA) is 43.1 Å². The van der Waals surface area contributed by atoms with Crippen molar-refractivity contribution in [2.24, 2.45) is 5.73 Å². The first-order chi connectivity index (χ1) is 7.58. The maximum atomic E-state index is 11.1. The second-order valence-electron chi connectivity index (χ2n) is 3.49. The lowest BCUT2D eigenvalue weighted by Gasteiger charge is -1.96. The van der Waals surface area contributed by atoms with Gasteiger partial charge in [0, 0.05) is 9.90 Å². The van der Waals surface area contributed by atoms with E-state index in [1.807, 2.05) is 37.3 Å². The fourth-order valence-electron chi connectivity index (χ4n) is 1.48. The maximum absolute atomic E-state index is 11.1. The first kappa shape index (κ1) is 11.2. The zero-order valence-corrected chi connectivity index (χ0v) is 10.2. The van der Waals surface area contributed by atoms with Crippen LogP contribution in [0.2, 0.25) is 5.02 Å². The van der Waals surface area contributed by atoms with Gasteiger partial charge < -0.3 is 5.73 Å². The molecule has 0 atom stereocenters. The fraction of sp³-hybridized carbons (Fsp3) is 0.0833. The third-order valence-electron chi connectivity index (χ3n) is 2.27. The Morgan fingerprint density at radius 1 is 1.31 bits per heavy atom. The summed E-state index contributed by atoms with van der Waals surface area (Å²) in [5, 5.41) is 0.701. The van der Waals surface area contributed by atoms with Crippen LogP contribution in [-0.2, 0) is 0 Å². The van der Waals surface area contributed by atoms with Gasteiger partial charge in [0.1, 0.15) is 0 Å². The summed E-state index contributed by atoms with van der Waals surface area (Å²) in [6.45, 7) is 1.88. The second-order valence-corrected chi connectivity index (χ2v) is 4.98. The Morgan fingerprint density at radius 3 is 2.44 bits per heavy atom. The molecule has 4 heteroatoms. The Morgan fingerprint density at radius 2 is 1.94 bits per heavy atom. The summed E-state index contributed by atoms with van der Waals surface area (Å²) in [5.41, 5.74) is 7.25. The number of nitrogens with two attached hydrogens (primary N) is 1. The molecule has 0 radical (unpaired) electrons. The lowest BCUT2D eigenvalue weighted by Crippen LogP contribution is -2.09. The largest absolute Gasteiger partial charge is 0.365 e. The van der Waals surface area contributed by atoms with Gasteiger partial charge in [0.25, 0.3) is 5.91 Å². The first-order valence-corrected chi connectivity index (χ1v) is 5.93. The summed E-state index contributed by atoms with van der Waals surface area (Å²) in [7, 11) is 0. The van der Waals surface area contributed by atoms with Crippen LogP contribution in [0.25, 0.3) is 10.4 Å². The zero-order valence-electron chi connectivity index (χ0n) is 8.66. The van der Waals surface area contributed by atoms with E-state index in [9.17, 15) is 4.79 Å². The minimum Gasteiger partial charge on any atom is -0.365 e. The van der Waals surface area contributed by atoms with Crippen LogP contribution in [0.4, 0.5) is 0 Å². The first-order valence-electron chi connectivity index (χ1n) is 4.74. The molecule has 0 fully saturated rings. The highest BCUT2D eigenvalue weighted by Gasteiger charge is 2.11. The Balaban J connectivity index is 2.45. The molecular formula is C12H10ClNOS. The molecule has 1 heterocycles. The fourth-order valence-corrected chi connectivity index (χ4v) is 2.64. The predicted molar refractivity (Wildman–Crippen MR) is 68.0 cm³/mol. The molecular weight excluding hydrogens is 242 g/mol. The molecule has 2 N–H and O–H groups in total. The molecule has 0 unspecified atom stereocenters. The van der Waals surface area contributed by atoms with Crippen molar-refractivity contribution in [3.63, 3.8) is 0 Å². The highest BCUT2D eigenvalue weighted by molar-refractivity contribution is 7.17. The van der Waals surface area contributed by atoms with E-state index in [0.29, 0.717) is 9.90 Å². The van der Waals surface area contributed by atoms with Gasteiger partial charge in [0.05, 0.1) is 4.88 Å². The van der Waals surface area contributed by atoms with Gasteiger partial charge in [-0.05, 0) is 36.2 Å². The van der Waals surface area contributed by atoms with E-state index in [1.54, 1.807) is 0 Å². The van der Waals surface area contributed by atoms with Crippen molar-refractivity contribution in [2.75, 3.05) is 0 Å².